The number of nitrogens with one attached hydrogen (secondary N) is 1. The summed E-state index contributed by atoms with van der Waals surface area (Å²) < 4.78 is 39.8. The van der Waals surface area contributed by atoms with Gasteiger partial charge in [0.1, 0.15) is 17.2 Å². The molecule has 0 fully saturated rings. The Morgan fingerprint density at radius 3 is 2.57 bits per heavy atom. The molecule has 2 rings (SSSR count). The van der Waals surface area contributed by atoms with Gasteiger partial charge < -0.3 is 16.3 Å². The van der Waals surface area contributed by atoms with Gasteiger partial charge in [-0.15, -0.1) is 0 Å². The zero-order chi connectivity index (χ0) is 15.4. The van der Waals surface area contributed by atoms with Crippen molar-refractivity contribution in [2.24, 2.45) is 10.9 Å². The molecule has 0 spiro atoms. The van der Waals surface area contributed by atoms with Gasteiger partial charge in [-0.1, -0.05) is 11.2 Å². The molecule has 0 atom stereocenters. The molecule has 0 bridgehead atoms. The Bertz CT molecular complexity index is 668. The van der Waals surface area contributed by atoms with E-state index in [0.29, 0.717) is 17.7 Å². The first-order valence-electron chi connectivity index (χ1n) is 5.83. The number of benzene rings is 1. The second-order valence-corrected chi connectivity index (χ2v) is 4.09. The fourth-order valence-electron chi connectivity index (χ4n) is 1.75. The van der Waals surface area contributed by atoms with Crippen molar-refractivity contribution in [3.05, 3.63) is 59.2 Å². The lowest BCUT2D eigenvalue weighted by molar-refractivity contribution is 0.318. The second-order valence-electron chi connectivity index (χ2n) is 4.09. The molecular formula is C13H11F3N4O. The van der Waals surface area contributed by atoms with Crippen LogP contribution in [0.25, 0.3) is 0 Å². The topological polar surface area (TPSA) is 83.5 Å². The van der Waals surface area contributed by atoms with Crippen molar-refractivity contribution in [1.82, 2.24) is 4.98 Å². The van der Waals surface area contributed by atoms with Gasteiger partial charge in [0, 0.05) is 30.4 Å². The quantitative estimate of drug-likeness (QED) is 0.349. The van der Waals surface area contributed by atoms with Crippen LogP contribution in [0.1, 0.15) is 11.3 Å². The lowest BCUT2D eigenvalue weighted by atomic mass is 10.1. The van der Waals surface area contributed by atoms with Crippen LogP contribution in [0.4, 0.5) is 18.9 Å². The van der Waals surface area contributed by atoms with E-state index in [4.69, 9.17) is 10.9 Å². The molecule has 0 aliphatic heterocycles. The number of amidine groups is 1. The summed E-state index contributed by atoms with van der Waals surface area (Å²) in [6.45, 7) is -0.0428. The maximum Gasteiger partial charge on any atom is 0.189 e. The smallest absolute Gasteiger partial charge is 0.189 e. The molecule has 2 aromatic rings. The third-order valence-electron chi connectivity index (χ3n) is 2.70. The number of halogens is 3. The van der Waals surface area contributed by atoms with Crippen LogP contribution in [-0.2, 0) is 6.54 Å². The SMILES string of the molecule is NC(=NO)c1ncccc1CNc1c(F)cc(F)cc1F. The van der Waals surface area contributed by atoms with E-state index in [9.17, 15) is 13.2 Å². The van der Waals surface area contributed by atoms with E-state index < -0.39 is 23.1 Å². The number of nitrogens with two attached hydrogens (primary N) is 1. The van der Waals surface area contributed by atoms with Gasteiger partial charge >= 0.3 is 0 Å². The number of aromatic nitrogens is 1. The van der Waals surface area contributed by atoms with E-state index in [1.54, 1.807) is 12.1 Å². The third-order valence-corrected chi connectivity index (χ3v) is 2.70. The van der Waals surface area contributed by atoms with Crippen molar-refractivity contribution in [1.29, 1.82) is 0 Å². The van der Waals surface area contributed by atoms with E-state index in [0.717, 1.165) is 0 Å². The molecule has 0 amide bonds. The zero-order valence-corrected chi connectivity index (χ0v) is 10.6. The number of anilines is 1. The highest BCUT2D eigenvalue weighted by Crippen LogP contribution is 2.21. The number of pyridine rings is 1. The second kappa shape index (κ2) is 6.12. The fraction of sp³-hybridized carbons (Fsp3) is 0.0769. The maximum absolute atomic E-state index is 13.5. The van der Waals surface area contributed by atoms with Gasteiger partial charge in [0.25, 0.3) is 0 Å². The number of nitrogens with zero attached hydrogens (tertiary/aromatic N) is 2. The molecule has 110 valence electrons. The molecule has 0 saturated heterocycles. The normalized spacial score (nSPS) is 11.5. The van der Waals surface area contributed by atoms with E-state index in [-0.39, 0.29) is 18.1 Å². The van der Waals surface area contributed by atoms with Gasteiger partial charge in [0.15, 0.2) is 17.5 Å². The van der Waals surface area contributed by atoms with Crippen molar-refractivity contribution >= 4 is 11.5 Å². The average Bonchev–Trinajstić information content (AvgIpc) is 2.45. The predicted octanol–water partition coefficient (Wildman–Crippen LogP) is 2.21. The number of rotatable bonds is 4. The average molecular weight is 296 g/mol. The first kappa shape index (κ1) is 14.6. The first-order valence-corrected chi connectivity index (χ1v) is 5.83. The summed E-state index contributed by atoms with van der Waals surface area (Å²) in [5.41, 5.74) is 5.62. The van der Waals surface area contributed by atoms with Crippen molar-refractivity contribution in [2.45, 2.75) is 6.54 Å². The molecule has 5 nitrogen and oxygen atoms in total. The van der Waals surface area contributed by atoms with E-state index in [1.807, 2.05) is 0 Å². The minimum atomic E-state index is -1.05. The Kier molecular flexibility index (Phi) is 4.27. The summed E-state index contributed by atoms with van der Waals surface area (Å²) >= 11 is 0. The van der Waals surface area contributed by atoms with Gasteiger partial charge in [0.2, 0.25) is 0 Å². The standard InChI is InChI=1S/C13H11F3N4O/c14-8-4-9(15)12(10(16)5-8)19-6-7-2-1-3-18-11(7)13(17)20-21/h1-5,19,21H,6H2,(H2,17,20). The van der Waals surface area contributed by atoms with Crippen molar-refractivity contribution in [3.8, 4) is 0 Å². The van der Waals surface area contributed by atoms with Crippen molar-refractivity contribution < 1.29 is 18.4 Å². The number of oxime groups is 1. The molecule has 21 heavy (non-hydrogen) atoms. The molecular weight excluding hydrogens is 285 g/mol. The molecule has 1 aromatic heterocycles. The van der Waals surface area contributed by atoms with Crippen LogP contribution in [0, 0.1) is 17.5 Å². The Morgan fingerprint density at radius 1 is 1.29 bits per heavy atom. The summed E-state index contributed by atoms with van der Waals surface area (Å²) in [5.74, 6) is -3.34. The van der Waals surface area contributed by atoms with Crippen molar-refractivity contribution in [2.75, 3.05) is 5.32 Å². The first-order chi connectivity index (χ1) is 10.0. The lowest BCUT2D eigenvalue weighted by Gasteiger charge is -2.11. The van der Waals surface area contributed by atoms with Crippen LogP contribution >= 0.6 is 0 Å². The van der Waals surface area contributed by atoms with E-state index in [1.165, 1.54) is 6.20 Å². The molecule has 0 saturated carbocycles. The molecule has 1 heterocycles. The lowest BCUT2D eigenvalue weighted by Crippen LogP contribution is -2.19. The van der Waals surface area contributed by atoms with Crippen LogP contribution < -0.4 is 11.1 Å². The summed E-state index contributed by atoms with van der Waals surface area (Å²) in [4.78, 5) is 3.92. The highest BCUT2D eigenvalue weighted by atomic mass is 19.1. The van der Waals surface area contributed by atoms with Gasteiger partial charge in [-0.3, -0.25) is 4.98 Å². The Balaban J connectivity index is 2.26. The zero-order valence-electron chi connectivity index (χ0n) is 10.6. The molecule has 0 aliphatic carbocycles. The third kappa shape index (κ3) is 3.22. The minimum Gasteiger partial charge on any atom is -0.409 e. The summed E-state index contributed by atoms with van der Waals surface area (Å²) in [6.07, 6.45) is 1.43. The van der Waals surface area contributed by atoms with Gasteiger partial charge in [-0.2, -0.15) is 0 Å². The summed E-state index contributed by atoms with van der Waals surface area (Å²) in [7, 11) is 0. The van der Waals surface area contributed by atoms with E-state index >= 15 is 0 Å². The highest BCUT2D eigenvalue weighted by molar-refractivity contribution is 5.96. The van der Waals surface area contributed by atoms with E-state index in [2.05, 4.69) is 15.5 Å². The Labute approximate surface area is 117 Å². The molecule has 4 N–H and O–H groups in total. The van der Waals surface area contributed by atoms with Crippen LogP contribution in [-0.4, -0.2) is 16.0 Å². The summed E-state index contributed by atoms with van der Waals surface area (Å²) in [5, 5.41) is 14.0. The molecule has 0 aliphatic rings. The van der Waals surface area contributed by atoms with Crippen LogP contribution in [0.5, 0.6) is 0 Å². The number of hydrogen-bond donors (Lipinski definition) is 3. The monoisotopic (exact) mass is 296 g/mol. The molecule has 0 radical (unpaired) electrons. The molecule has 1 aromatic carbocycles. The predicted molar refractivity (Wildman–Crippen MR) is 70.4 cm³/mol. The Hall–Kier alpha value is -2.77. The highest BCUT2D eigenvalue weighted by Gasteiger charge is 2.13. The van der Waals surface area contributed by atoms with Crippen LogP contribution in [0.3, 0.4) is 0 Å². The minimum absolute atomic E-state index is 0.0428. The number of hydrogen-bond acceptors (Lipinski definition) is 4. The molecule has 8 heteroatoms. The Morgan fingerprint density at radius 2 is 1.95 bits per heavy atom. The van der Waals surface area contributed by atoms with Gasteiger partial charge in [-0.05, 0) is 6.07 Å². The fourth-order valence-corrected chi connectivity index (χ4v) is 1.75. The van der Waals surface area contributed by atoms with Gasteiger partial charge in [0.05, 0.1) is 0 Å². The molecule has 0 unspecified atom stereocenters. The van der Waals surface area contributed by atoms with Gasteiger partial charge in [-0.25, -0.2) is 13.2 Å². The van der Waals surface area contributed by atoms with Crippen LogP contribution in [0.15, 0.2) is 35.6 Å². The van der Waals surface area contributed by atoms with Crippen molar-refractivity contribution in [3.63, 3.8) is 0 Å². The largest absolute Gasteiger partial charge is 0.409 e. The summed E-state index contributed by atoms with van der Waals surface area (Å²) in [6, 6.07) is 4.31. The maximum atomic E-state index is 13.5. The van der Waals surface area contributed by atoms with Crippen LogP contribution in [0.2, 0.25) is 0 Å².